The number of anilines is 1. The molecule has 3 aromatic carbocycles. The number of para-hydroxylation sites is 1. The maximum absolute atomic E-state index is 12.7. The largest absolute Gasteiger partial charge is 0.352 e. The zero-order chi connectivity index (χ0) is 23.8. The lowest BCUT2D eigenvalue weighted by Crippen LogP contribution is -2.35. The van der Waals surface area contributed by atoms with Gasteiger partial charge in [0.25, 0.3) is 5.91 Å². The van der Waals surface area contributed by atoms with Crippen LogP contribution >= 0.6 is 0 Å². The summed E-state index contributed by atoms with van der Waals surface area (Å²) in [6, 6.07) is 22.8. The number of rotatable bonds is 9. The van der Waals surface area contributed by atoms with Gasteiger partial charge in [0, 0.05) is 13.6 Å². The molecule has 0 aliphatic rings. The van der Waals surface area contributed by atoms with Gasteiger partial charge in [-0.3, -0.25) is 9.59 Å². The average Bonchev–Trinajstić information content (AvgIpc) is 2.80. The minimum absolute atomic E-state index is 0.113. The summed E-state index contributed by atoms with van der Waals surface area (Å²) in [5.41, 5.74) is 2.68. The highest BCUT2D eigenvalue weighted by molar-refractivity contribution is 7.89. The van der Waals surface area contributed by atoms with E-state index < -0.39 is 15.9 Å². The third-order valence-corrected chi connectivity index (χ3v) is 6.90. The van der Waals surface area contributed by atoms with Gasteiger partial charge >= 0.3 is 0 Å². The molecule has 7 nitrogen and oxygen atoms in total. The van der Waals surface area contributed by atoms with Gasteiger partial charge in [-0.25, -0.2) is 8.42 Å². The van der Waals surface area contributed by atoms with Crippen LogP contribution in [0, 0.1) is 6.92 Å². The van der Waals surface area contributed by atoms with Crippen LogP contribution in [0.5, 0.6) is 0 Å². The summed E-state index contributed by atoms with van der Waals surface area (Å²) in [7, 11) is -2.47. The highest BCUT2D eigenvalue weighted by atomic mass is 32.2. The van der Waals surface area contributed by atoms with E-state index in [-0.39, 0.29) is 17.3 Å². The van der Waals surface area contributed by atoms with Gasteiger partial charge in [-0.1, -0.05) is 60.2 Å². The molecule has 0 unspecified atom stereocenters. The lowest BCUT2D eigenvalue weighted by molar-refractivity contribution is -0.116. The zero-order valence-electron chi connectivity index (χ0n) is 18.6. The molecule has 172 valence electrons. The van der Waals surface area contributed by atoms with E-state index in [2.05, 4.69) is 10.6 Å². The van der Waals surface area contributed by atoms with Gasteiger partial charge in [0.15, 0.2) is 0 Å². The average molecular weight is 466 g/mol. The fourth-order valence-corrected chi connectivity index (χ4v) is 4.34. The van der Waals surface area contributed by atoms with Crippen LogP contribution in [0.2, 0.25) is 0 Å². The van der Waals surface area contributed by atoms with Gasteiger partial charge < -0.3 is 10.6 Å². The quantitative estimate of drug-likeness (QED) is 0.507. The van der Waals surface area contributed by atoms with Crippen LogP contribution in [-0.2, 0) is 21.2 Å². The molecule has 0 radical (unpaired) electrons. The maximum atomic E-state index is 12.7. The summed E-state index contributed by atoms with van der Waals surface area (Å²) >= 11 is 0. The Bertz CT molecular complexity index is 1210. The van der Waals surface area contributed by atoms with E-state index >= 15 is 0 Å². The van der Waals surface area contributed by atoms with Crippen LogP contribution in [0.15, 0.2) is 83.8 Å². The summed E-state index contributed by atoms with van der Waals surface area (Å²) in [5.74, 6) is -0.861. The van der Waals surface area contributed by atoms with Crippen LogP contribution in [0.25, 0.3) is 0 Å². The first kappa shape index (κ1) is 24.2. The van der Waals surface area contributed by atoms with E-state index in [9.17, 15) is 18.0 Å². The van der Waals surface area contributed by atoms with E-state index in [0.717, 1.165) is 15.4 Å². The molecule has 0 aromatic heterocycles. The molecule has 2 amide bonds. The standard InChI is InChI=1S/C25H27N3O4S/c1-19-12-14-21(15-13-19)33(31,32)28(2)18-24(29)27-23-11-7-6-10-22(23)25(30)26-17-16-20-8-4-3-5-9-20/h3-15H,16-18H2,1-2H3,(H,26,30)(H,27,29). The summed E-state index contributed by atoms with van der Waals surface area (Å²) in [4.78, 5) is 25.4. The van der Waals surface area contributed by atoms with E-state index in [0.29, 0.717) is 24.2 Å². The van der Waals surface area contributed by atoms with Crippen molar-refractivity contribution in [2.45, 2.75) is 18.2 Å². The van der Waals surface area contributed by atoms with Crippen molar-refractivity contribution < 1.29 is 18.0 Å². The lowest BCUT2D eigenvalue weighted by atomic mass is 10.1. The molecule has 2 N–H and O–H groups in total. The minimum atomic E-state index is -3.81. The van der Waals surface area contributed by atoms with Gasteiger partial charge in [0.1, 0.15) is 0 Å². The summed E-state index contributed by atoms with van der Waals surface area (Å²) in [6.45, 7) is 1.92. The number of nitrogens with zero attached hydrogens (tertiary/aromatic N) is 1. The predicted octanol–water partition coefficient (Wildman–Crippen LogP) is 3.23. The Balaban J connectivity index is 1.61. The van der Waals surface area contributed by atoms with Crippen LogP contribution in [-0.4, -0.2) is 44.7 Å². The zero-order valence-corrected chi connectivity index (χ0v) is 19.4. The van der Waals surface area contributed by atoms with Crippen molar-refractivity contribution >= 4 is 27.5 Å². The van der Waals surface area contributed by atoms with E-state index in [1.807, 2.05) is 37.3 Å². The van der Waals surface area contributed by atoms with Gasteiger partial charge in [-0.15, -0.1) is 0 Å². The topological polar surface area (TPSA) is 95.6 Å². The Kier molecular flexibility index (Phi) is 7.97. The Morgan fingerprint density at radius 3 is 2.21 bits per heavy atom. The number of hydrogen-bond donors (Lipinski definition) is 2. The molecule has 0 fully saturated rings. The fourth-order valence-electron chi connectivity index (χ4n) is 3.22. The molecule has 0 aliphatic carbocycles. The summed E-state index contributed by atoms with van der Waals surface area (Å²) < 4.78 is 26.4. The monoisotopic (exact) mass is 465 g/mol. The van der Waals surface area contributed by atoms with Crippen LogP contribution in [0.4, 0.5) is 5.69 Å². The van der Waals surface area contributed by atoms with E-state index in [4.69, 9.17) is 0 Å². The molecular formula is C25H27N3O4S. The van der Waals surface area contributed by atoms with Crippen LogP contribution < -0.4 is 10.6 Å². The molecule has 0 saturated carbocycles. The van der Waals surface area contributed by atoms with Gasteiger partial charge in [0.2, 0.25) is 15.9 Å². The Morgan fingerprint density at radius 1 is 0.879 bits per heavy atom. The number of carbonyl (C=O) groups is 2. The normalized spacial score (nSPS) is 11.2. The van der Waals surface area contributed by atoms with E-state index in [1.165, 1.54) is 19.2 Å². The van der Waals surface area contributed by atoms with Gasteiger partial charge in [0.05, 0.1) is 22.7 Å². The maximum Gasteiger partial charge on any atom is 0.253 e. The number of amides is 2. The van der Waals surface area contributed by atoms with Crippen molar-refractivity contribution in [1.29, 1.82) is 0 Å². The van der Waals surface area contributed by atoms with Crippen molar-refractivity contribution in [1.82, 2.24) is 9.62 Å². The molecular weight excluding hydrogens is 438 g/mol. The number of sulfonamides is 1. The van der Waals surface area contributed by atoms with Crippen molar-refractivity contribution in [2.75, 3.05) is 25.5 Å². The third-order valence-electron chi connectivity index (χ3n) is 5.08. The fraction of sp³-hybridized carbons (Fsp3) is 0.200. The molecule has 0 aliphatic heterocycles. The molecule has 0 atom stereocenters. The second-order valence-electron chi connectivity index (χ2n) is 7.66. The lowest BCUT2D eigenvalue weighted by Gasteiger charge is -2.18. The van der Waals surface area contributed by atoms with Gasteiger partial charge in [-0.2, -0.15) is 4.31 Å². The first-order valence-electron chi connectivity index (χ1n) is 10.5. The molecule has 0 heterocycles. The molecule has 8 heteroatoms. The SMILES string of the molecule is Cc1ccc(S(=O)(=O)N(C)CC(=O)Nc2ccccc2C(=O)NCCc2ccccc2)cc1. The van der Waals surface area contributed by atoms with E-state index in [1.54, 1.807) is 36.4 Å². The molecule has 0 spiro atoms. The van der Waals surface area contributed by atoms with Crippen molar-refractivity contribution in [3.05, 3.63) is 95.6 Å². The number of carbonyl (C=O) groups excluding carboxylic acids is 2. The van der Waals surface area contributed by atoms with Crippen LogP contribution in [0.3, 0.4) is 0 Å². The highest BCUT2D eigenvalue weighted by Gasteiger charge is 2.23. The number of hydrogen-bond acceptors (Lipinski definition) is 4. The first-order chi connectivity index (χ1) is 15.8. The number of benzene rings is 3. The van der Waals surface area contributed by atoms with Crippen molar-refractivity contribution in [2.24, 2.45) is 0 Å². The molecule has 3 rings (SSSR count). The first-order valence-corrected chi connectivity index (χ1v) is 12.0. The Labute approximate surface area is 194 Å². The van der Waals surface area contributed by atoms with Crippen LogP contribution in [0.1, 0.15) is 21.5 Å². The molecule has 0 saturated heterocycles. The smallest absolute Gasteiger partial charge is 0.253 e. The number of aryl methyl sites for hydroxylation is 1. The van der Waals surface area contributed by atoms with Crippen molar-refractivity contribution in [3.8, 4) is 0 Å². The number of likely N-dealkylation sites (N-methyl/N-ethyl adjacent to an activating group) is 1. The second-order valence-corrected chi connectivity index (χ2v) is 9.70. The van der Waals surface area contributed by atoms with Gasteiger partial charge in [-0.05, 0) is 43.2 Å². The molecule has 3 aromatic rings. The third kappa shape index (κ3) is 6.50. The molecule has 0 bridgehead atoms. The van der Waals surface area contributed by atoms with Crippen molar-refractivity contribution in [3.63, 3.8) is 0 Å². The second kappa shape index (κ2) is 10.9. The number of nitrogens with one attached hydrogen (secondary N) is 2. The Hall–Kier alpha value is -3.49. The molecule has 33 heavy (non-hydrogen) atoms. The Morgan fingerprint density at radius 2 is 1.52 bits per heavy atom. The summed E-state index contributed by atoms with van der Waals surface area (Å²) in [6.07, 6.45) is 0.683. The highest BCUT2D eigenvalue weighted by Crippen LogP contribution is 2.17. The summed E-state index contributed by atoms with van der Waals surface area (Å²) in [5, 5.41) is 5.51. The minimum Gasteiger partial charge on any atom is -0.352 e. The predicted molar refractivity (Wildman–Crippen MR) is 129 cm³/mol.